The lowest BCUT2D eigenvalue weighted by atomic mass is 9.60. The molecule has 0 amide bonds. The van der Waals surface area contributed by atoms with E-state index in [0.717, 1.165) is 11.1 Å². The van der Waals surface area contributed by atoms with Gasteiger partial charge >= 0.3 is 0 Å². The number of rotatable bonds is 2. The Hall–Kier alpha value is -6.16. The average Bonchev–Trinajstić information content (AvgIpc) is 3.15. The molecule has 7 aromatic rings. The number of hydrogen-bond donors (Lipinski definition) is 0. The quantitative estimate of drug-likeness (QED) is 0.172. The highest BCUT2D eigenvalue weighted by Crippen LogP contribution is 2.67. The minimum atomic E-state index is -0.413. The first-order chi connectivity index (χ1) is 25.0. The Morgan fingerprint density at radius 3 is 1.06 bits per heavy atom. The highest BCUT2D eigenvalue weighted by molar-refractivity contribution is 6.21. The van der Waals surface area contributed by atoms with E-state index in [9.17, 15) is 10.5 Å². The predicted molar refractivity (Wildman–Crippen MR) is 213 cm³/mol. The lowest BCUT2D eigenvalue weighted by Gasteiger charge is -2.55. The Balaban J connectivity index is 1.38. The first-order valence-electron chi connectivity index (χ1n) is 18.1. The van der Waals surface area contributed by atoms with E-state index >= 15 is 0 Å². The van der Waals surface area contributed by atoms with Gasteiger partial charge in [-0.3, -0.25) is 0 Å². The van der Waals surface area contributed by atoms with Crippen LogP contribution in [0, 0.1) is 22.7 Å². The summed E-state index contributed by atoms with van der Waals surface area (Å²) in [6.07, 6.45) is 0. The SMILES string of the molecule is CC1(C)c2cc(C#N)cc3c2N2c4c1cc(C#N)cc4C(C)(C)c1cc(-c4c5ccccc5c(-c5ccccc5)c5ccccc45)cc(c12)C3(C)C. The Bertz CT molecular complexity index is 2670. The zero-order valence-electron chi connectivity index (χ0n) is 30.3. The molecule has 3 aliphatic heterocycles. The minimum Gasteiger partial charge on any atom is -0.309 e. The van der Waals surface area contributed by atoms with Gasteiger partial charge in [0.1, 0.15) is 0 Å². The molecule has 0 saturated heterocycles. The summed E-state index contributed by atoms with van der Waals surface area (Å²) in [7, 11) is 0. The summed E-state index contributed by atoms with van der Waals surface area (Å²) in [5, 5.41) is 25.6. The van der Waals surface area contributed by atoms with Crippen molar-refractivity contribution in [3.8, 4) is 34.4 Å². The van der Waals surface area contributed by atoms with Crippen molar-refractivity contribution in [2.75, 3.05) is 4.90 Å². The van der Waals surface area contributed by atoms with E-state index in [-0.39, 0.29) is 0 Å². The van der Waals surface area contributed by atoms with Crippen LogP contribution in [0.3, 0.4) is 0 Å². The molecule has 10 rings (SSSR count). The van der Waals surface area contributed by atoms with Crippen LogP contribution in [0.25, 0.3) is 43.8 Å². The van der Waals surface area contributed by atoms with Crippen molar-refractivity contribution in [2.45, 2.75) is 57.8 Å². The summed E-state index contributed by atoms with van der Waals surface area (Å²) in [6.45, 7) is 13.8. The lowest BCUT2D eigenvalue weighted by Crippen LogP contribution is -2.43. The molecular weight excluding hydrogens is 631 g/mol. The molecule has 0 aromatic heterocycles. The van der Waals surface area contributed by atoms with Crippen LogP contribution in [-0.4, -0.2) is 0 Å². The third-order valence-corrected chi connectivity index (χ3v) is 12.6. The molecule has 0 bridgehead atoms. The summed E-state index contributed by atoms with van der Waals surface area (Å²) >= 11 is 0. The van der Waals surface area contributed by atoms with Gasteiger partial charge in [0.05, 0.1) is 40.3 Å². The maximum absolute atomic E-state index is 10.4. The molecule has 0 fully saturated rings. The smallest absolute Gasteiger partial charge is 0.0991 e. The highest BCUT2D eigenvalue weighted by atomic mass is 15.2. The van der Waals surface area contributed by atoms with Gasteiger partial charge in [-0.15, -0.1) is 0 Å². The van der Waals surface area contributed by atoms with Crippen LogP contribution >= 0.6 is 0 Å². The third-order valence-electron chi connectivity index (χ3n) is 12.6. The third kappa shape index (κ3) is 3.68. The zero-order chi connectivity index (χ0) is 35.9. The van der Waals surface area contributed by atoms with E-state index < -0.39 is 16.2 Å². The van der Waals surface area contributed by atoms with E-state index in [1.165, 1.54) is 83.1 Å². The molecular formula is C49H37N3. The van der Waals surface area contributed by atoms with Gasteiger partial charge in [0.2, 0.25) is 0 Å². The summed E-state index contributed by atoms with van der Waals surface area (Å²) in [5.41, 5.74) is 15.7. The molecule has 0 radical (unpaired) electrons. The second-order valence-corrected chi connectivity index (χ2v) is 16.4. The molecule has 3 aliphatic rings. The fraction of sp³-hybridized carbons (Fsp3) is 0.184. The molecule has 3 heteroatoms. The number of nitriles is 2. The zero-order valence-corrected chi connectivity index (χ0v) is 30.3. The largest absolute Gasteiger partial charge is 0.309 e. The second-order valence-electron chi connectivity index (χ2n) is 16.4. The predicted octanol–water partition coefficient (Wildman–Crippen LogP) is 12.5. The number of fused-ring (bicyclic) bond motifs is 2. The van der Waals surface area contributed by atoms with Gasteiger partial charge in [0, 0.05) is 16.2 Å². The van der Waals surface area contributed by atoms with Gasteiger partial charge in [-0.25, -0.2) is 0 Å². The Morgan fingerprint density at radius 1 is 0.404 bits per heavy atom. The normalized spacial score (nSPS) is 16.3. The summed E-state index contributed by atoms with van der Waals surface area (Å²) in [4.78, 5) is 2.50. The van der Waals surface area contributed by atoms with Crippen LogP contribution in [0.1, 0.15) is 86.1 Å². The molecule has 248 valence electrons. The topological polar surface area (TPSA) is 50.8 Å². The standard InChI is InChI=1S/C49H37N3/c1-47(2)36-20-28(26-50)22-38-44(36)52-45-37(47)21-29(27-51)23-39(45)49(5,6)41-25-31(24-40(46(41)52)48(38,3)4)43-34-18-12-10-16-32(34)42(30-14-8-7-9-15-30)33-17-11-13-19-35(33)43/h7-25H,1-6H3. The van der Waals surface area contributed by atoms with Crippen LogP contribution in [-0.2, 0) is 16.2 Å². The molecule has 7 aromatic carbocycles. The maximum Gasteiger partial charge on any atom is 0.0991 e. The van der Waals surface area contributed by atoms with Gasteiger partial charge in [-0.1, -0.05) is 120 Å². The molecule has 3 heterocycles. The molecule has 3 nitrogen and oxygen atoms in total. The van der Waals surface area contributed by atoms with Crippen molar-refractivity contribution in [1.82, 2.24) is 0 Å². The van der Waals surface area contributed by atoms with Crippen molar-refractivity contribution in [3.63, 3.8) is 0 Å². The van der Waals surface area contributed by atoms with E-state index in [2.05, 4.69) is 174 Å². The Labute approximate surface area is 305 Å². The first-order valence-corrected chi connectivity index (χ1v) is 18.1. The lowest BCUT2D eigenvalue weighted by molar-refractivity contribution is 0.566. The van der Waals surface area contributed by atoms with Crippen LogP contribution in [0.5, 0.6) is 0 Å². The van der Waals surface area contributed by atoms with E-state index in [1.54, 1.807) is 0 Å². The van der Waals surface area contributed by atoms with E-state index in [4.69, 9.17) is 0 Å². The average molecular weight is 668 g/mol. The van der Waals surface area contributed by atoms with Crippen LogP contribution in [0.2, 0.25) is 0 Å². The number of anilines is 3. The summed E-state index contributed by atoms with van der Waals surface area (Å²) < 4.78 is 0. The molecule has 0 aliphatic carbocycles. The van der Waals surface area contributed by atoms with Crippen LogP contribution in [0.4, 0.5) is 17.1 Å². The monoisotopic (exact) mass is 667 g/mol. The first kappa shape index (κ1) is 30.6. The van der Waals surface area contributed by atoms with Crippen molar-refractivity contribution in [1.29, 1.82) is 10.5 Å². The van der Waals surface area contributed by atoms with Crippen molar-refractivity contribution in [2.24, 2.45) is 0 Å². The Kier molecular flexibility index (Phi) is 5.89. The number of benzene rings is 7. The molecule has 0 unspecified atom stereocenters. The maximum atomic E-state index is 10.4. The van der Waals surface area contributed by atoms with Gasteiger partial charge in [-0.05, 0) is 114 Å². The van der Waals surface area contributed by atoms with Gasteiger partial charge in [0.25, 0.3) is 0 Å². The van der Waals surface area contributed by atoms with Crippen LogP contribution < -0.4 is 4.90 Å². The fourth-order valence-corrected chi connectivity index (χ4v) is 9.88. The summed E-state index contributed by atoms with van der Waals surface area (Å²) in [6, 6.07) is 46.7. The molecule has 52 heavy (non-hydrogen) atoms. The minimum absolute atomic E-state index is 0.406. The fourth-order valence-electron chi connectivity index (χ4n) is 9.88. The summed E-state index contributed by atoms with van der Waals surface area (Å²) in [5.74, 6) is 0. The molecule has 0 saturated carbocycles. The van der Waals surface area contributed by atoms with Crippen molar-refractivity contribution in [3.05, 3.63) is 160 Å². The van der Waals surface area contributed by atoms with Crippen molar-refractivity contribution >= 4 is 38.6 Å². The second kappa shape index (κ2) is 10.00. The highest BCUT2D eigenvalue weighted by Gasteiger charge is 2.52. The molecule has 0 spiro atoms. The number of hydrogen-bond acceptors (Lipinski definition) is 3. The van der Waals surface area contributed by atoms with Crippen molar-refractivity contribution < 1.29 is 0 Å². The van der Waals surface area contributed by atoms with Gasteiger partial charge in [0.15, 0.2) is 0 Å². The number of nitrogens with zero attached hydrogens (tertiary/aromatic N) is 3. The van der Waals surface area contributed by atoms with Gasteiger partial charge in [-0.2, -0.15) is 10.5 Å². The Morgan fingerprint density at radius 2 is 0.712 bits per heavy atom. The molecule has 0 N–H and O–H groups in total. The van der Waals surface area contributed by atoms with E-state index in [1.807, 2.05) is 0 Å². The van der Waals surface area contributed by atoms with E-state index in [0.29, 0.717) is 11.1 Å². The van der Waals surface area contributed by atoms with Gasteiger partial charge < -0.3 is 4.90 Å². The molecule has 0 atom stereocenters. The van der Waals surface area contributed by atoms with Crippen LogP contribution in [0.15, 0.2) is 115 Å².